The SMILES string of the molecule is CC(C)NCCC(=O)Nc1sc2c(c1-c1nc3cc(N4CCS(=O)(=O)CC4)ccc3s1)CCNC2. The van der Waals surface area contributed by atoms with Gasteiger partial charge in [-0.1, -0.05) is 13.8 Å². The van der Waals surface area contributed by atoms with Gasteiger partial charge in [-0.25, -0.2) is 13.4 Å². The van der Waals surface area contributed by atoms with E-state index in [1.165, 1.54) is 10.4 Å². The zero-order chi connectivity index (χ0) is 24.6. The lowest BCUT2D eigenvalue weighted by molar-refractivity contribution is -0.116. The third kappa shape index (κ3) is 5.54. The first-order valence-corrected chi connectivity index (χ1v) is 15.5. The van der Waals surface area contributed by atoms with Crippen molar-refractivity contribution in [2.45, 2.75) is 39.3 Å². The Morgan fingerprint density at radius 2 is 2.03 bits per heavy atom. The molecule has 188 valence electrons. The molecule has 0 bridgehead atoms. The molecule has 0 aliphatic carbocycles. The number of amides is 1. The van der Waals surface area contributed by atoms with Crippen molar-refractivity contribution in [1.29, 1.82) is 0 Å². The number of anilines is 2. The van der Waals surface area contributed by atoms with Crippen LogP contribution in [0.15, 0.2) is 18.2 Å². The molecule has 2 aliphatic heterocycles. The fourth-order valence-electron chi connectivity index (χ4n) is 4.50. The fourth-order valence-corrected chi connectivity index (χ4v) is 8.03. The van der Waals surface area contributed by atoms with Crippen LogP contribution in [0, 0.1) is 0 Å². The summed E-state index contributed by atoms with van der Waals surface area (Å²) in [5, 5.41) is 11.7. The maximum absolute atomic E-state index is 12.7. The molecule has 1 fully saturated rings. The number of sulfone groups is 1. The summed E-state index contributed by atoms with van der Waals surface area (Å²) >= 11 is 3.29. The van der Waals surface area contributed by atoms with Crippen molar-refractivity contribution in [3.8, 4) is 10.6 Å². The van der Waals surface area contributed by atoms with Crippen molar-refractivity contribution in [1.82, 2.24) is 15.6 Å². The quantitative estimate of drug-likeness (QED) is 0.428. The van der Waals surface area contributed by atoms with E-state index < -0.39 is 9.84 Å². The van der Waals surface area contributed by atoms with Crippen LogP contribution in [0.3, 0.4) is 0 Å². The summed E-state index contributed by atoms with van der Waals surface area (Å²) in [7, 11) is -2.92. The zero-order valence-corrected chi connectivity index (χ0v) is 22.5. The van der Waals surface area contributed by atoms with Crippen LogP contribution in [0.1, 0.15) is 30.7 Å². The summed E-state index contributed by atoms with van der Waals surface area (Å²) in [6, 6.07) is 6.54. The molecule has 8 nitrogen and oxygen atoms in total. The first-order chi connectivity index (χ1) is 16.8. The van der Waals surface area contributed by atoms with E-state index in [1.54, 1.807) is 22.7 Å². The lowest BCUT2D eigenvalue weighted by Gasteiger charge is -2.28. The number of carbonyl (C=O) groups is 1. The van der Waals surface area contributed by atoms with E-state index in [2.05, 4.69) is 52.9 Å². The molecule has 0 radical (unpaired) electrons. The number of nitrogens with zero attached hydrogens (tertiary/aromatic N) is 2. The number of hydrogen-bond acceptors (Lipinski definition) is 9. The Hall–Kier alpha value is -2.05. The van der Waals surface area contributed by atoms with Crippen LogP contribution >= 0.6 is 22.7 Å². The Morgan fingerprint density at radius 1 is 1.23 bits per heavy atom. The van der Waals surface area contributed by atoms with Crippen LogP contribution in [0.25, 0.3) is 20.8 Å². The normalized spacial score (nSPS) is 17.6. The molecule has 1 aromatic carbocycles. The highest BCUT2D eigenvalue weighted by molar-refractivity contribution is 7.91. The van der Waals surface area contributed by atoms with Crippen LogP contribution in [-0.4, -0.2) is 63.0 Å². The summed E-state index contributed by atoms with van der Waals surface area (Å²) in [4.78, 5) is 21.1. The van der Waals surface area contributed by atoms with Crippen LogP contribution in [0.4, 0.5) is 10.7 Å². The number of nitrogens with one attached hydrogen (secondary N) is 3. The molecule has 3 N–H and O–H groups in total. The van der Waals surface area contributed by atoms with Gasteiger partial charge in [0.05, 0.1) is 21.7 Å². The largest absolute Gasteiger partial charge is 0.369 e. The lowest BCUT2D eigenvalue weighted by Crippen LogP contribution is -2.40. The molecular weight excluding hydrogens is 502 g/mol. The molecule has 2 aromatic heterocycles. The Kier molecular flexibility index (Phi) is 7.13. The van der Waals surface area contributed by atoms with Gasteiger partial charge in [-0.05, 0) is 36.7 Å². The number of fused-ring (bicyclic) bond motifs is 2. The van der Waals surface area contributed by atoms with Crippen molar-refractivity contribution in [2.75, 3.05) is 47.9 Å². The molecule has 11 heteroatoms. The van der Waals surface area contributed by atoms with Crippen LogP contribution < -0.4 is 20.9 Å². The van der Waals surface area contributed by atoms with Gasteiger partial charge in [0.25, 0.3) is 0 Å². The van der Waals surface area contributed by atoms with E-state index in [4.69, 9.17) is 4.98 Å². The van der Waals surface area contributed by atoms with Gasteiger partial charge in [-0.3, -0.25) is 4.79 Å². The number of benzene rings is 1. The van der Waals surface area contributed by atoms with Gasteiger partial charge in [0, 0.05) is 54.8 Å². The average Bonchev–Trinajstić information content (AvgIpc) is 3.38. The number of carbonyl (C=O) groups excluding carboxylic acids is 1. The Balaban J connectivity index is 1.43. The first-order valence-electron chi connectivity index (χ1n) is 12.0. The summed E-state index contributed by atoms with van der Waals surface area (Å²) in [5.74, 6) is 0.394. The monoisotopic (exact) mass is 533 g/mol. The summed E-state index contributed by atoms with van der Waals surface area (Å²) < 4.78 is 24.7. The topological polar surface area (TPSA) is 103 Å². The van der Waals surface area contributed by atoms with Gasteiger partial charge in [0.2, 0.25) is 5.91 Å². The molecule has 0 atom stereocenters. The smallest absolute Gasteiger partial charge is 0.226 e. The van der Waals surface area contributed by atoms with Gasteiger partial charge in [-0.2, -0.15) is 0 Å². The summed E-state index contributed by atoms with van der Waals surface area (Å²) in [6.45, 7) is 7.53. The third-order valence-electron chi connectivity index (χ3n) is 6.38. The number of aromatic nitrogens is 1. The first kappa shape index (κ1) is 24.6. The van der Waals surface area contributed by atoms with E-state index >= 15 is 0 Å². The molecule has 2 aliphatic rings. The van der Waals surface area contributed by atoms with E-state index in [1.807, 2.05) is 0 Å². The molecule has 0 saturated carbocycles. The predicted octanol–water partition coefficient (Wildman–Crippen LogP) is 3.23. The number of thiophene rings is 1. The predicted molar refractivity (Wildman–Crippen MR) is 146 cm³/mol. The van der Waals surface area contributed by atoms with E-state index in [9.17, 15) is 13.2 Å². The Bertz CT molecular complexity index is 1330. The maximum atomic E-state index is 12.7. The summed E-state index contributed by atoms with van der Waals surface area (Å²) in [6.07, 6.45) is 1.34. The second-order valence-corrected chi connectivity index (χ2v) is 13.8. The van der Waals surface area contributed by atoms with Gasteiger partial charge in [0.1, 0.15) is 10.0 Å². The minimum atomic E-state index is -2.92. The van der Waals surface area contributed by atoms with Crippen molar-refractivity contribution in [3.63, 3.8) is 0 Å². The fraction of sp³-hybridized carbons (Fsp3) is 0.500. The Labute approximate surface area is 214 Å². The third-order valence-corrected chi connectivity index (χ3v) is 10.2. The summed E-state index contributed by atoms with van der Waals surface area (Å²) in [5.41, 5.74) is 4.25. The van der Waals surface area contributed by atoms with Crippen molar-refractivity contribution < 1.29 is 13.2 Å². The minimum absolute atomic E-state index is 0.00871. The molecule has 5 rings (SSSR count). The maximum Gasteiger partial charge on any atom is 0.226 e. The highest BCUT2D eigenvalue weighted by Crippen LogP contribution is 2.45. The van der Waals surface area contributed by atoms with E-state index in [0.29, 0.717) is 32.1 Å². The highest BCUT2D eigenvalue weighted by Gasteiger charge is 2.26. The molecule has 1 amide bonds. The second-order valence-electron chi connectivity index (χ2n) is 9.35. The van der Waals surface area contributed by atoms with Gasteiger partial charge in [0.15, 0.2) is 9.84 Å². The van der Waals surface area contributed by atoms with Crippen molar-refractivity contribution in [3.05, 3.63) is 28.6 Å². The number of hydrogen-bond donors (Lipinski definition) is 3. The van der Waals surface area contributed by atoms with Gasteiger partial charge in [-0.15, -0.1) is 22.7 Å². The van der Waals surface area contributed by atoms with Crippen LogP contribution in [0.5, 0.6) is 0 Å². The standard InChI is InChI=1S/C24H31N5O3S3/c1-15(2)26-8-6-21(30)28-24-22(17-5-7-25-14-20(17)34-24)23-27-18-13-16(3-4-19(18)33-23)29-9-11-35(31,32)12-10-29/h3-4,13,15,25-26H,5-12,14H2,1-2H3,(H,28,30). The number of rotatable bonds is 7. The molecular formula is C24H31N5O3S3. The zero-order valence-electron chi connectivity index (χ0n) is 20.0. The van der Waals surface area contributed by atoms with E-state index in [-0.39, 0.29) is 17.4 Å². The lowest BCUT2D eigenvalue weighted by atomic mass is 10.0. The van der Waals surface area contributed by atoms with Crippen molar-refractivity contribution in [2.24, 2.45) is 0 Å². The van der Waals surface area contributed by atoms with Crippen molar-refractivity contribution >= 4 is 59.3 Å². The van der Waals surface area contributed by atoms with Crippen LogP contribution in [-0.2, 0) is 27.6 Å². The van der Waals surface area contributed by atoms with Crippen LogP contribution in [0.2, 0.25) is 0 Å². The number of thiazole rings is 1. The second kappa shape index (κ2) is 10.1. The van der Waals surface area contributed by atoms with Gasteiger partial charge < -0.3 is 20.9 Å². The molecule has 0 unspecified atom stereocenters. The average molecular weight is 534 g/mol. The molecule has 35 heavy (non-hydrogen) atoms. The minimum Gasteiger partial charge on any atom is -0.369 e. The molecule has 4 heterocycles. The Morgan fingerprint density at radius 3 is 2.80 bits per heavy atom. The van der Waals surface area contributed by atoms with E-state index in [0.717, 1.165) is 51.0 Å². The molecule has 3 aromatic rings. The highest BCUT2D eigenvalue weighted by atomic mass is 32.2. The molecule has 0 spiro atoms. The van der Waals surface area contributed by atoms with Gasteiger partial charge >= 0.3 is 0 Å². The molecule has 1 saturated heterocycles.